The number of nitrogens with zero attached hydrogens (tertiary/aromatic N) is 1. The second-order valence-corrected chi connectivity index (χ2v) is 4.49. The number of piperidine rings is 1. The van der Waals surface area contributed by atoms with E-state index >= 15 is 0 Å². The average Bonchev–Trinajstić information content (AvgIpc) is 2.39. The highest BCUT2D eigenvalue weighted by molar-refractivity contribution is 5.70. The second kappa shape index (κ2) is 5.44. The van der Waals surface area contributed by atoms with Crippen LogP contribution < -0.4 is 15.4 Å². The molecule has 18 heavy (non-hydrogen) atoms. The first-order chi connectivity index (χ1) is 8.65. The van der Waals surface area contributed by atoms with E-state index < -0.39 is 5.82 Å². The summed E-state index contributed by atoms with van der Waals surface area (Å²) in [6, 6.07) is 2.97. The number of benzene rings is 1. The van der Waals surface area contributed by atoms with Crippen molar-refractivity contribution in [3.63, 3.8) is 0 Å². The van der Waals surface area contributed by atoms with Crippen molar-refractivity contribution in [1.82, 2.24) is 0 Å². The molecular weight excluding hydrogens is 235 g/mol. The minimum atomic E-state index is -0.431. The van der Waals surface area contributed by atoms with Gasteiger partial charge in [0.05, 0.1) is 24.6 Å². The van der Waals surface area contributed by atoms with Crippen LogP contribution in [0.15, 0.2) is 12.1 Å². The van der Waals surface area contributed by atoms with E-state index in [1.165, 1.54) is 13.2 Å². The van der Waals surface area contributed by atoms with Gasteiger partial charge in [-0.05, 0) is 12.8 Å². The van der Waals surface area contributed by atoms with Crippen molar-refractivity contribution in [1.29, 1.82) is 0 Å². The fraction of sp³-hybridized carbons (Fsp3) is 0.538. The van der Waals surface area contributed by atoms with Gasteiger partial charge in [-0.1, -0.05) is 0 Å². The highest BCUT2D eigenvalue weighted by atomic mass is 19.1. The van der Waals surface area contributed by atoms with Gasteiger partial charge < -0.3 is 20.1 Å². The van der Waals surface area contributed by atoms with Crippen LogP contribution in [0.5, 0.6) is 5.75 Å². The summed E-state index contributed by atoms with van der Waals surface area (Å²) in [5.41, 5.74) is 7.13. The van der Waals surface area contributed by atoms with Crippen LogP contribution in [-0.4, -0.2) is 33.4 Å². The largest absolute Gasteiger partial charge is 0.494 e. The van der Waals surface area contributed by atoms with Crippen molar-refractivity contribution in [2.45, 2.75) is 18.9 Å². The van der Waals surface area contributed by atoms with Crippen LogP contribution in [-0.2, 0) is 4.74 Å². The van der Waals surface area contributed by atoms with E-state index in [2.05, 4.69) is 4.90 Å². The van der Waals surface area contributed by atoms with Crippen molar-refractivity contribution < 1.29 is 13.9 Å². The summed E-state index contributed by atoms with van der Waals surface area (Å²) in [4.78, 5) is 2.12. The van der Waals surface area contributed by atoms with E-state index in [-0.39, 0.29) is 11.9 Å². The predicted octanol–water partition coefficient (Wildman–Crippen LogP) is 2.03. The normalized spacial score (nSPS) is 19.9. The van der Waals surface area contributed by atoms with Gasteiger partial charge >= 0.3 is 0 Å². The molecule has 1 fully saturated rings. The third kappa shape index (κ3) is 2.51. The predicted molar refractivity (Wildman–Crippen MR) is 69.6 cm³/mol. The number of rotatable bonds is 3. The van der Waals surface area contributed by atoms with Gasteiger partial charge in [0, 0.05) is 32.3 Å². The van der Waals surface area contributed by atoms with Gasteiger partial charge in [0.25, 0.3) is 0 Å². The molecule has 4 nitrogen and oxygen atoms in total. The van der Waals surface area contributed by atoms with Crippen LogP contribution in [0.1, 0.15) is 12.8 Å². The van der Waals surface area contributed by atoms with Gasteiger partial charge in [0.2, 0.25) is 0 Å². The Bertz CT molecular complexity index is 426. The molecule has 100 valence electrons. The van der Waals surface area contributed by atoms with Crippen molar-refractivity contribution >= 4 is 11.4 Å². The number of nitrogens with two attached hydrogens (primary N) is 1. The fourth-order valence-electron chi connectivity index (χ4n) is 2.34. The Morgan fingerprint density at radius 1 is 1.39 bits per heavy atom. The molecule has 1 aliphatic rings. The molecule has 1 saturated heterocycles. The highest BCUT2D eigenvalue weighted by Crippen LogP contribution is 2.32. The maximum atomic E-state index is 13.5. The first kappa shape index (κ1) is 13.0. The standard InChI is InChI=1S/C13H19FN2O2/c1-17-9-4-3-5-16(8-9)12-7-13(18-2)10(14)6-11(12)15/h6-7,9H,3-5,8,15H2,1-2H3. The zero-order valence-corrected chi connectivity index (χ0v) is 10.8. The summed E-state index contributed by atoms with van der Waals surface area (Å²) in [6.07, 6.45) is 2.29. The molecule has 1 unspecified atom stereocenters. The molecule has 0 bridgehead atoms. The van der Waals surface area contributed by atoms with E-state index in [0.29, 0.717) is 5.69 Å². The van der Waals surface area contributed by atoms with Crippen molar-refractivity contribution in [2.75, 3.05) is 37.9 Å². The third-order valence-corrected chi connectivity index (χ3v) is 3.35. The monoisotopic (exact) mass is 254 g/mol. The molecule has 1 heterocycles. The molecule has 2 N–H and O–H groups in total. The molecule has 0 amide bonds. The van der Waals surface area contributed by atoms with Gasteiger partial charge in [0.1, 0.15) is 0 Å². The zero-order valence-electron chi connectivity index (χ0n) is 10.8. The molecule has 0 aliphatic carbocycles. The Hall–Kier alpha value is -1.49. The number of methoxy groups -OCH3 is 2. The molecule has 5 heteroatoms. The maximum Gasteiger partial charge on any atom is 0.167 e. The summed E-state index contributed by atoms with van der Waals surface area (Å²) in [5, 5.41) is 0. The number of hydrogen-bond donors (Lipinski definition) is 1. The van der Waals surface area contributed by atoms with Crippen LogP contribution >= 0.6 is 0 Å². The first-order valence-corrected chi connectivity index (χ1v) is 6.06. The molecule has 1 aliphatic heterocycles. The zero-order chi connectivity index (χ0) is 13.1. The number of hydrogen-bond acceptors (Lipinski definition) is 4. The fourth-order valence-corrected chi connectivity index (χ4v) is 2.34. The summed E-state index contributed by atoms with van der Waals surface area (Å²) in [5.74, 6) is -0.210. The minimum Gasteiger partial charge on any atom is -0.494 e. The quantitative estimate of drug-likeness (QED) is 0.838. The Morgan fingerprint density at radius 3 is 2.83 bits per heavy atom. The average molecular weight is 254 g/mol. The lowest BCUT2D eigenvalue weighted by atomic mass is 10.1. The molecular formula is C13H19FN2O2. The molecule has 0 radical (unpaired) electrons. The Kier molecular flexibility index (Phi) is 3.91. The SMILES string of the molecule is COc1cc(N2CCCC(OC)C2)c(N)cc1F. The summed E-state index contributed by atoms with van der Waals surface area (Å²) in [6.45, 7) is 1.67. The summed E-state index contributed by atoms with van der Waals surface area (Å²) < 4.78 is 23.9. The minimum absolute atomic E-state index is 0.203. The van der Waals surface area contributed by atoms with Crippen molar-refractivity contribution in [3.8, 4) is 5.75 Å². The van der Waals surface area contributed by atoms with Crippen LogP contribution in [0, 0.1) is 5.82 Å². The maximum absolute atomic E-state index is 13.5. The van der Waals surface area contributed by atoms with E-state index in [1.54, 1.807) is 13.2 Å². The van der Waals surface area contributed by atoms with Gasteiger partial charge in [-0.3, -0.25) is 0 Å². The number of anilines is 2. The number of halogens is 1. The lowest BCUT2D eigenvalue weighted by Crippen LogP contribution is -2.39. The number of nitrogen functional groups attached to an aromatic ring is 1. The Labute approximate surface area is 106 Å². The van der Waals surface area contributed by atoms with Crippen molar-refractivity contribution in [2.24, 2.45) is 0 Å². The van der Waals surface area contributed by atoms with Gasteiger partial charge in [-0.15, -0.1) is 0 Å². The first-order valence-electron chi connectivity index (χ1n) is 6.06. The molecule has 0 aromatic heterocycles. The molecule has 1 aromatic rings. The van der Waals surface area contributed by atoms with Crippen LogP contribution in [0.3, 0.4) is 0 Å². The molecule has 0 saturated carbocycles. The van der Waals surface area contributed by atoms with Crippen molar-refractivity contribution in [3.05, 3.63) is 17.9 Å². The van der Waals surface area contributed by atoms with Gasteiger partial charge in [-0.25, -0.2) is 4.39 Å². The summed E-state index contributed by atoms with van der Waals surface area (Å²) >= 11 is 0. The lowest BCUT2D eigenvalue weighted by Gasteiger charge is -2.34. The Morgan fingerprint density at radius 2 is 2.17 bits per heavy atom. The third-order valence-electron chi connectivity index (χ3n) is 3.35. The summed E-state index contributed by atoms with van der Waals surface area (Å²) in [7, 11) is 3.16. The van der Waals surface area contributed by atoms with Crippen LogP contribution in [0.2, 0.25) is 0 Å². The molecule has 2 rings (SSSR count). The molecule has 1 aromatic carbocycles. The topological polar surface area (TPSA) is 47.7 Å². The molecule has 0 spiro atoms. The van der Waals surface area contributed by atoms with Crippen LogP contribution in [0.25, 0.3) is 0 Å². The lowest BCUT2D eigenvalue weighted by molar-refractivity contribution is 0.0893. The second-order valence-electron chi connectivity index (χ2n) is 4.49. The smallest absolute Gasteiger partial charge is 0.167 e. The highest BCUT2D eigenvalue weighted by Gasteiger charge is 2.22. The van der Waals surface area contributed by atoms with E-state index in [9.17, 15) is 4.39 Å². The van der Waals surface area contributed by atoms with E-state index in [0.717, 1.165) is 31.6 Å². The van der Waals surface area contributed by atoms with Gasteiger partial charge in [-0.2, -0.15) is 0 Å². The van der Waals surface area contributed by atoms with Gasteiger partial charge in [0.15, 0.2) is 11.6 Å². The van der Waals surface area contributed by atoms with E-state index in [4.69, 9.17) is 15.2 Å². The number of ether oxygens (including phenoxy) is 2. The molecule has 1 atom stereocenters. The Balaban J connectivity index is 2.26. The van der Waals surface area contributed by atoms with Crippen LogP contribution in [0.4, 0.5) is 15.8 Å². The van der Waals surface area contributed by atoms with E-state index in [1.807, 2.05) is 0 Å².